The second kappa shape index (κ2) is 4.04. The third kappa shape index (κ3) is 2.37. The maximum absolute atomic E-state index is 11.0. The number of hydrogen-bond acceptors (Lipinski definition) is 4. The van der Waals surface area contributed by atoms with Gasteiger partial charge < -0.3 is 19.3 Å². The van der Waals surface area contributed by atoms with Gasteiger partial charge in [0.15, 0.2) is 0 Å². The average molecular weight is 234 g/mol. The Balaban J connectivity index is 2.88. The topological polar surface area (TPSA) is 43.4 Å². The van der Waals surface area contributed by atoms with Crippen molar-refractivity contribution in [3.63, 3.8) is 0 Å². The molecule has 0 aromatic carbocycles. The molecule has 1 aliphatic rings. The molecule has 0 radical (unpaired) electrons. The predicted octanol–water partition coefficient (Wildman–Crippen LogP) is -0.898. The summed E-state index contributed by atoms with van der Waals surface area (Å²) in [6.07, 6.45) is -0.683. The van der Waals surface area contributed by atoms with E-state index in [-0.39, 0.29) is 0 Å². The minimum atomic E-state index is -1.07. The maximum atomic E-state index is 11.0. The lowest BCUT2D eigenvalue weighted by molar-refractivity contribution is -0.899. The summed E-state index contributed by atoms with van der Waals surface area (Å²) in [4.78, 5) is 12.8. The average Bonchev–Trinajstić information content (AvgIpc) is 2.32. The van der Waals surface area contributed by atoms with Gasteiger partial charge >= 0.3 is 0 Å². The van der Waals surface area contributed by atoms with E-state index in [0.717, 1.165) is 5.75 Å². The van der Waals surface area contributed by atoms with Crippen LogP contribution in [-0.4, -0.2) is 59.3 Å². The van der Waals surface area contributed by atoms with Crippen molar-refractivity contribution in [2.45, 2.75) is 6.17 Å². The molecule has 4 nitrogen and oxygen atoms in total. The third-order valence-electron chi connectivity index (χ3n) is 2.03. The van der Waals surface area contributed by atoms with Crippen LogP contribution >= 0.6 is 24.0 Å². The van der Waals surface area contributed by atoms with Gasteiger partial charge in [0.25, 0.3) is 0 Å². The Hall–Kier alpha value is -0.330. The summed E-state index contributed by atoms with van der Waals surface area (Å²) < 4.78 is 0.954. The van der Waals surface area contributed by atoms with E-state index in [9.17, 15) is 9.90 Å². The Kier molecular flexibility index (Phi) is 3.39. The molecule has 0 N–H and O–H groups in total. The van der Waals surface area contributed by atoms with Crippen molar-refractivity contribution in [1.29, 1.82) is 0 Å². The molecule has 1 fully saturated rings. The summed E-state index contributed by atoms with van der Waals surface area (Å²) in [5.41, 5.74) is 0. The Morgan fingerprint density at radius 2 is 2.21 bits per heavy atom. The molecule has 0 aromatic heterocycles. The van der Waals surface area contributed by atoms with Crippen LogP contribution in [0.5, 0.6) is 0 Å². The van der Waals surface area contributed by atoms with E-state index in [2.05, 4.69) is 0 Å². The monoisotopic (exact) mass is 234 g/mol. The van der Waals surface area contributed by atoms with Crippen molar-refractivity contribution < 1.29 is 14.4 Å². The van der Waals surface area contributed by atoms with Crippen LogP contribution in [-0.2, 0) is 4.79 Å². The van der Waals surface area contributed by atoms with Gasteiger partial charge in [-0.05, 0) is 0 Å². The highest BCUT2D eigenvalue weighted by Gasteiger charge is 2.35. The lowest BCUT2D eigenvalue weighted by Gasteiger charge is -2.40. The normalized spacial score (nSPS) is 19.9. The largest absolute Gasteiger partial charge is 0.542 e. The van der Waals surface area contributed by atoms with Gasteiger partial charge in [-0.2, -0.15) is 0 Å². The van der Waals surface area contributed by atoms with Gasteiger partial charge in [-0.3, -0.25) is 0 Å². The number of nitrogens with zero attached hydrogens (tertiary/aromatic N) is 2. The molecular formula is C8H14N2O2S2. The van der Waals surface area contributed by atoms with Gasteiger partial charge in [0, 0.05) is 12.3 Å². The number of hydrogen-bond donors (Lipinski definition) is 0. The van der Waals surface area contributed by atoms with E-state index in [1.807, 2.05) is 21.1 Å². The quantitative estimate of drug-likeness (QED) is 0.468. The van der Waals surface area contributed by atoms with E-state index in [1.54, 1.807) is 4.90 Å². The lowest BCUT2D eigenvalue weighted by atomic mass is 10.3. The van der Waals surface area contributed by atoms with Gasteiger partial charge in [-0.15, -0.1) is 0 Å². The first-order valence-corrected chi connectivity index (χ1v) is 5.69. The van der Waals surface area contributed by atoms with Crippen LogP contribution in [0.3, 0.4) is 0 Å². The van der Waals surface area contributed by atoms with Gasteiger partial charge in [-0.1, -0.05) is 24.0 Å². The molecule has 0 aliphatic carbocycles. The molecule has 6 heteroatoms. The minimum Gasteiger partial charge on any atom is -0.542 e. The van der Waals surface area contributed by atoms with Crippen molar-refractivity contribution in [2.24, 2.45) is 0 Å². The zero-order valence-electron chi connectivity index (χ0n) is 8.52. The number of carbonyl (C=O) groups is 1. The Bertz CT molecular complexity index is 263. The van der Waals surface area contributed by atoms with Crippen LogP contribution in [0.2, 0.25) is 0 Å². The summed E-state index contributed by atoms with van der Waals surface area (Å²) in [6.45, 7) is 0.692. The molecular weight excluding hydrogens is 220 g/mol. The maximum Gasteiger partial charge on any atom is 0.206 e. The number of quaternary nitrogens is 1. The highest BCUT2D eigenvalue weighted by molar-refractivity contribution is 8.23. The first-order chi connectivity index (χ1) is 6.34. The lowest BCUT2D eigenvalue weighted by Crippen LogP contribution is -2.63. The Morgan fingerprint density at radius 1 is 1.64 bits per heavy atom. The van der Waals surface area contributed by atoms with Crippen molar-refractivity contribution in [2.75, 3.05) is 33.4 Å². The molecule has 14 heavy (non-hydrogen) atoms. The zero-order valence-corrected chi connectivity index (χ0v) is 10.2. The first-order valence-electron chi connectivity index (χ1n) is 4.29. The molecule has 1 saturated heterocycles. The van der Waals surface area contributed by atoms with E-state index in [0.29, 0.717) is 15.3 Å². The molecule has 1 rings (SSSR count). The standard InChI is InChI=1S/C8H14N2O2S2/c1-10(2,3)6(7(11)12)9-4-5-14-8(9)13/h6H,4-5H2,1-3H3. The summed E-state index contributed by atoms with van der Waals surface area (Å²) >= 11 is 6.62. The fourth-order valence-corrected chi connectivity index (χ4v) is 2.75. The van der Waals surface area contributed by atoms with Crippen molar-refractivity contribution in [3.05, 3.63) is 0 Å². The van der Waals surface area contributed by atoms with E-state index >= 15 is 0 Å². The summed E-state index contributed by atoms with van der Waals surface area (Å²) in [7, 11) is 5.48. The number of aliphatic carboxylic acids is 1. The number of rotatable bonds is 3. The molecule has 0 saturated carbocycles. The van der Waals surface area contributed by atoms with E-state index in [4.69, 9.17) is 12.2 Å². The minimum absolute atomic E-state index is 0.295. The molecule has 1 atom stereocenters. The SMILES string of the molecule is C[N+](C)(C)C(C(=O)[O-])N1CCSC1=S. The van der Waals surface area contributed by atoms with Crippen LogP contribution < -0.4 is 5.11 Å². The molecule has 1 heterocycles. The summed E-state index contributed by atoms with van der Waals surface area (Å²) in [6, 6.07) is 0. The molecule has 0 aromatic rings. The number of thiocarbonyl (C=S) groups is 1. The Morgan fingerprint density at radius 3 is 2.50 bits per heavy atom. The molecule has 80 valence electrons. The van der Waals surface area contributed by atoms with Gasteiger partial charge in [0.1, 0.15) is 10.3 Å². The molecule has 0 amide bonds. The zero-order chi connectivity index (χ0) is 10.9. The molecule has 1 aliphatic heterocycles. The van der Waals surface area contributed by atoms with Crippen LogP contribution in [0, 0.1) is 0 Å². The van der Waals surface area contributed by atoms with Crippen LogP contribution in [0.15, 0.2) is 0 Å². The van der Waals surface area contributed by atoms with E-state index in [1.165, 1.54) is 11.8 Å². The predicted molar refractivity (Wildman–Crippen MR) is 58.6 cm³/mol. The van der Waals surface area contributed by atoms with E-state index < -0.39 is 12.1 Å². The van der Waals surface area contributed by atoms with Crippen LogP contribution in [0.4, 0.5) is 0 Å². The summed E-state index contributed by atoms with van der Waals surface area (Å²) in [5.74, 6) is -0.204. The van der Waals surface area contributed by atoms with Gasteiger partial charge in [0.2, 0.25) is 6.17 Å². The van der Waals surface area contributed by atoms with Crippen molar-refractivity contribution in [1.82, 2.24) is 4.90 Å². The first kappa shape index (κ1) is 11.7. The second-order valence-electron chi connectivity index (χ2n) is 4.12. The highest BCUT2D eigenvalue weighted by atomic mass is 32.2. The molecule has 1 unspecified atom stereocenters. The van der Waals surface area contributed by atoms with Crippen LogP contribution in [0.1, 0.15) is 0 Å². The highest BCUT2D eigenvalue weighted by Crippen LogP contribution is 2.23. The number of carboxylic acid groups (broad SMARTS) is 1. The molecule has 0 bridgehead atoms. The van der Waals surface area contributed by atoms with Crippen molar-refractivity contribution in [3.8, 4) is 0 Å². The van der Waals surface area contributed by atoms with Gasteiger partial charge in [-0.25, -0.2) is 0 Å². The fourth-order valence-electron chi connectivity index (χ4n) is 1.49. The van der Waals surface area contributed by atoms with Crippen LogP contribution in [0.25, 0.3) is 0 Å². The fraction of sp³-hybridized carbons (Fsp3) is 0.750. The van der Waals surface area contributed by atoms with Crippen molar-refractivity contribution >= 4 is 34.3 Å². The second-order valence-corrected chi connectivity index (χ2v) is 5.85. The number of thioether (sulfide) groups is 1. The number of carbonyl (C=O) groups excluding carboxylic acids is 1. The smallest absolute Gasteiger partial charge is 0.206 e. The summed E-state index contributed by atoms with van der Waals surface area (Å²) in [5, 5.41) is 11.0. The van der Waals surface area contributed by atoms with Gasteiger partial charge in [0.05, 0.1) is 21.1 Å². The number of carboxylic acids is 1. The third-order valence-corrected chi connectivity index (χ3v) is 3.49. The molecule has 0 spiro atoms. The number of likely N-dealkylation sites (N-methyl/N-ethyl adjacent to an activating group) is 1. The Labute approximate surface area is 93.5 Å².